The van der Waals surface area contributed by atoms with Gasteiger partial charge in [-0.15, -0.1) is 0 Å². The van der Waals surface area contributed by atoms with Gasteiger partial charge in [0, 0.05) is 23.0 Å². The molecule has 3 aromatic rings. The topological polar surface area (TPSA) is 25.8 Å². The molecule has 2 aromatic heterocycles. The fourth-order valence-electron chi connectivity index (χ4n) is 2.21. The molecule has 20 heavy (non-hydrogen) atoms. The molecule has 0 aliphatic heterocycles. The first-order chi connectivity index (χ1) is 9.56. The van der Waals surface area contributed by atoms with E-state index in [0.717, 1.165) is 16.9 Å². The number of benzene rings is 1. The maximum absolute atomic E-state index is 4.44. The maximum Gasteiger partial charge on any atom is 0.0707 e. The number of fused-ring (bicyclic) bond motifs is 1. The second kappa shape index (κ2) is 6.29. The van der Waals surface area contributed by atoms with Gasteiger partial charge in [-0.25, -0.2) is 0 Å². The van der Waals surface area contributed by atoms with Crippen molar-refractivity contribution in [2.75, 3.05) is 0 Å². The van der Waals surface area contributed by atoms with E-state index >= 15 is 0 Å². The van der Waals surface area contributed by atoms with Crippen molar-refractivity contribution in [2.24, 2.45) is 0 Å². The van der Waals surface area contributed by atoms with Crippen LogP contribution in [0, 0.1) is 27.7 Å². The normalized spacial score (nSPS) is 10.0. The van der Waals surface area contributed by atoms with Gasteiger partial charge in [-0.3, -0.25) is 9.97 Å². The molecule has 0 amide bonds. The number of aromatic nitrogens is 2. The summed E-state index contributed by atoms with van der Waals surface area (Å²) >= 11 is 0. The maximum atomic E-state index is 4.44. The van der Waals surface area contributed by atoms with Crippen LogP contribution >= 0.6 is 0 Å². The smallest absolute Gasteiger partial charge is 0.0707 e. The quantitative estimate of drug-likeness (QED) is 0.595. The van der Waals surface area contributed by atoms with Gasteiger partial charge >= 0.3 is 0 Å². The highest BCUT2D eigenvalue weighted by Gasteiger charge is 1.97. The minimum atomic E-state index is 1.09. The summed E-state index contributed by atoms with van der Waals surface area (Å²) in [6, 6.07) is 14.4. The molecule has 2 nitrogen and oxygen atoms in total. The molecule has 2 heterocycles. The first-order valence-corrected chi connectivity index (χ1v) is 6.78. The Labute approximate surface area is 120 Å². The van der Waals surface area contributed by atoms with Gasteiger partial charge < -0.3 is 0 Å². The van der Waals surface area contributed by atoms with Crippen molar-refractivity contribution >= 4 is 10.9 Å². The summed E-state index contributed by atoms with van der Waals surface area (Å²) in [5.74, 6) is 0. The molecule has 0 fully saturated rings. The molecule has 0 unspecified atom stereocenters. The summed E-state index contributed by atoms with van der Waals surface area (Å²) in [7, 11) is 0. The van der Waals surface area contributed by atoms with Crippen LogP contribution in [-0.2, 0) is 0 Å². The standard InChI is InChI=1S/C11H11N.C7H9N/c1-8-7-9(2)12-11-6-4-3-5-10(8)11;1-6-3-4-8-7(2)5-6/h3-7H,1-2H3;3-5H,1-2H3. The van der Waals surface area contributed by atoms with Crippen molar-refractivity contribution in [3.8, 4) is 0 Å². The Hall–Kier alpha value is -2.22. The Morgan fingerprint density at radius 3 is 2.20 bits per heavy atom. The van der Waals surface area contributed by atoms with Crippen molar-refractivity contribution in [1.29, 1.82) is 0 Å². The lowest BCUT2D eigenvalue weighted by atomic mass is 10.1. The first-order valence-electron chi connectivity index (χ1n) is 6.78. The Bertz CT molecular complexity index is 700. The first kappa shape index (κ1) is 14.2. The molecular weight excluding hydrogens is 244 g/mol. The van der Waals surface area contributed by atoms with Gasteiger partial charge in [0.1, 0.15) is 0 Å². The zero-order chi connectivity index (χ0) is 14.5. The molecule has 3 rings (SSSR count). The molecule has 0 aliphatic carbocycles. The molecule has 2 heteroatoms. The Morgan fingerprint density at radius 2 is 1.55 bits per heavy atom. The third kappa shape index (κ3) is 3.64. The van der Waals surface area contributed by atoms with E-state index in [-0.39, 0.29) is 0 Å². The number of pyridine rings is 2. The molecule has 0 atom stereocenters. The van der Waals surface area contributed by atoms with Crippen LogP contribution in [0.1, 0.15) is 22.5 Å². The van der Waals surface area contributed by atoms with Gasteiger partial charge in [0.05, 0.1) is 5.52 Å². The SMILES string of the molecule is Cc1cc(C)c2ccccc2n1.Cc1ccnc(C)c1. The molecule has 0 spiro atoms. The van der Waals surface area contributed by atoms with E-state index in [1.165, 1.54) is 16.5 Å². The highest BCUT2D eigenvalue weighted by Crippen LogP contribution is 2.16. The summed E-state index contributed by atoms with van der Waals surface area (Å²) in [5.41, 5.74) is 5.85. The third-order valence-electron chi connectivity index (χ3n) is 3.10. The fraction of sp³-hybridized carbons (Fsp3) is 0.222. The summed E-state index contributed by atoms with van der Waals surface area (Å²) < 4.78 is 0. The number of hydrogen-bond donors (Lipinski definition) is 0. The Morgan fingerprint density at radius 1 is 0.800 bits per heavy atom. The Kier molecular flexibility index (Phi) is 4.46. The van der Waals surface area contributed by atoms with E-state index in [4.69, 9.17) is 0 Å². The van der Waals surface area contributed by atoms with Crippen LogP contribution in [0.25, 0.3) is 10.9 Å². The van der Waals surface area contributed by atoms with Crippen LogP contribution < -0.4 is 0 Å². The van der Waals surface area contributed by atoms with Crippen LogP contribution in [0.3, 0.4) is 0 Å². The third-order valence-corrected chi connectivity index (χ3v) is 3.10. The van der Waals surface area contributed by atoms with Gasteiger partial charge in [0.15, 0.2) is 0 Å². The van der Waals surface area contributed by atoms with Gasteiger partial charge in [-0.2, -0.15) is 0 Å². The van der Waals surface area contributed by atoms with Crippen molar-refractivity contribution in [1.82, 2.24) is 9.97 Å². The highest BCUT2D eigenvalue weighted by atomic mass is 14.7. The molecule has 0 radical (unpaired) electrons. The second-order valence-corrected chi connectivity index (χ2v) is 5.07. The number of para-hydroxylation sites is 1. The zero-order valence-electron chi connectivity index (χ0n) is 12.5. The number of nitrogens with zero attached hydrogens (tertiary/aromatic N) is 2. The lowest BCUT2D eigenvalue weighted by molar-refractivity contribution is 1.18. The lowest BCUT2D eigenvalue weighted by Crippen LogP contribution is -1.85. The van der Waals surface area contributed by atoms with E-state index in [9.17, 15) is 0 Å². The summed E-state index contributed by atoms with van der Waals surface area (Å²) in [6.45, 7) is 8.21. The molecule has 0 saturated carbocycles. The van der Waals surface area contributed by atoms with E-state index in [0.29, 0.717) is 0 Å². The van der Waals surface area contributed by atoms with Crippen molar-refractivity contribution < 1.29 is 0 Å². The van der Waals surface area contributed by atoms with Gasteiger partial charge in [0.25, 0.3) is 0 Å². The van der Waals surface area contributed by atoms with Crippen molar-refractivity contribution in [3.05, 3.63) is 71.2 Å². The van der Waals surface area contributed by atoms with Crippen molar-refractivity contribution in [3.63, 3.8) is 0 Å². The average molecular weight is 264 g/mol. The van der Waals surface area contributed by atoms with E-state index < -0.39 is 0 Å². The number of aryl methyl sites for hydroxylation is 4. The monoisotopic (exact) mass is 264 g/mol. The average Bonchev–Trinajstić information content (AvgIpc) is 2.39. The molecule has 0 bridgehead atoms. The molecule has 1 aromatic carbocycles. The molecule has 0 N–H and O–H groups in total. The van der Waals surface area contributed by atoms with E-state index in [1.54, 1.807) is 0 Å². The van der Waals surface area contributed by atoms with Crippen LogP contribution in [0.15, 0.2) is 48.7 Å². The lowest BCUT2D eigenvalue weighted by Gasteiger charge is -2.01. The van der Waals surface area contributed by atoms with Gasteiger partial charge in [-0.05, 0) is 63.1 Å². The number of rotatable bonds is 0. The minimum Gasteiger partial charge on any atom is -0.262 e. The van der Waals surface area contributed by atoms with Crippen LogP contribution in [0.2, 0.25) is 0 Å². The molecule has 0 aliphatic rings. The van der Waals surface area contributed by atoms with Gasteiger partial charge in [-0.1, -0.05) is 18.2 Å². The summed E-state index contributed by atoms with van der Waals surface area (Å²) in [6.07, 6.45) is 1.82. The van der Waals surface area contributed by atoms with Crippen LogP contribution in [0.4, 0.5) is 0 Å². The minimum absolute atomic E-state index is 1.09. The molecule has 102 valence electrons. The van der Waals surface area contributed by atoms with E-state index in [1.807, 2.05) is 38.2 Å². The Balaban J connectivity index is 0.000000160. The molecular formula is C18H20N2. The van der Waals surface area contributed by atoms with Crippen LogP contribution in [0.5, 0.6) is 0 Å². The molecule has 0 saturated heterocycles. The predicted molar refractivity (Wildman–Crippen MR) is 84.9 cm³/mol. The summed E-state index contributed by atoms with van der Waals surface area (Å²) in [4.78, 5) is 8.48. The van der Waals surface area contributed by atoms with Gasteiger partial charge in [0.2, 0.25) is 0 Å². The second-order valence-electron chi connectivity index (χ2n) is 5.07. The van der Waals surface area contributed by atoms with Crippen LogP contribution in [-0.4, -0.2) is 9.97 Å². The zero-order valence-corrected chi connectivity index (χ0v) is 12.5. The fourth-order valence-corrected chi connectivity index (χ4v) is 2.21. The van der Waals surface area contributed by atoms with E-state index in [2.05, 4.69) is 48.1 Å². The highest BCUT2D eigenvalue weighted by molar-refractivity contribution is 5.81. The predicted octanol–water partition coefficient (Wildman–Crippen LogP) is 4.55. The number of hydrogen-bond acceptors (Lipinski definition) is 2. The largest absolute Gasteiger partial charge is 0.262 e. The van der Waals surface area contributed by atoms with Crippen molar-refractivity contribution in [2.45, 2.75) is 27.7 Å². The summed E-state index contributed by atoms with van der Waals surface area (Å²) in [5, 5.41) is 1.25.